The second kappa shape index (κ2) is 11.6. The number of carbonyl (C=O) groups excluding carboxylic acids is 2. The molecule has 0 radical (unpaired) electrons. The van der Waals surface area contributed by atoms with Gasteiger partial charge in [-0.2, -0.15) is 0 Å². The van der Waals surface area contributed by atoms with E-state index in [0.29, 0.717) is 24.2 Å². The van der Waals surface area contributed by atoms with Gasteiger partial charge in [-0.05, 0) is 30.2 Å². The molecule has 1 fully saturated rings. The first-order chi connectivity index (χ1) is 15.5. The number of amides is 2. The molecule has 32 heavy (non-hydrogen) atoms. The molecule has 172 valence electrons. The van der Waals surface area contributed by atoms with Gasteiger partial charge in [0, 0.05) is 51.6 Å². The first kappa shape index (κ1) is 23.8. The third-order valence-corrected chi connectivity index (χ3v) is 5.73. The molecule has 7 nitrogen and oxygen atoms in total. The highest BCUT2D eigenvalue weighted by atomic mass is 16.5. The maximum Gasteiger partial charge on any atom is 0.253 e. The van der Waals surface area contributed by atoms with Gasteiger partial charge in [0.15, 0.2) is 0 Å². The van der Waals surface area contributed by atoms with Gasteiger partial charge in [-0.1, -0.05) is 37.3 Å². The second-order valence-corrected chi connectivity index (χ2v) is 8.20. The Balaban J connectivity index is 1.69. The summed E-state index contributed by atoms with van der Waals surface area (Å²) in [4.78, 5) is 30.1. The summed E-state index contributed by atoms with van der Waals surface area (Å²) in [7, 11) is 3.81. The number of hydrogen-bond donors (Lipinski definition) is 2. The lowest BCUT2D eigenvalue weighted by Gasteiger charge is -2.26. The standard InChI is InChI=1S/C25H34N4O3/c1-4-21(19-8-6-5-7-9-19)25(31)27-20-10-11-23(28(2)3)22(18-20)24(30)26-12-13-29-14-16-32-17-15-29/h5-11,18,21H,4,12-17H2,1-3H3,(H,26,30)(H,27,31). The van der Waals surface area contributed by atoms with Gasteiger partial charge in [0.25, 0.3) is 5.91 Å². The number of nitrogens with zero attached hydrogens (tertiary/aromatic N) is 2. The Morgan fingerprint density at radius 3 is 2.47 bits per heavy atom. The molecule has 3 rings (SSSR count). The van der Waals surface area contributed by atoms with Gasteiger partial charge >= 0.3 is 0 Å². The Morgan fingerprint density at radius 2 is 1.81 bits per heavy atom. The summed E-state index contributed by atoms with van der Waals surface area (Å²) in [5.74, 6) is -0.460. The van der Waals surface area contributed by atoms with Crippen LogP contribution >= 0.6 is 0 Å². The third kappa shape index (κ3) is 6.31. The van der Waals surface area contributed by atoms with Crippen LogP contribution in [-0.4, -0.2) is 70.2 Å². The highest BCUT2D eigenvalue weighted by Gasteiger charge is 2.20. The number of anilines is 2. The molecule has 2 amide bonds. The quantitative estimate of drug-likeness (QED) is 0.630. The Labute approximate surface area is 190 Å². The molecular formula is C25H34N4O3. The van der Waals surface area contributed by atoms with E-state index in [0.717, 1.165) is 44.1 Å². The molecule has 1 saturated heterocycles. The molecule has 1 unspecified atom stereocenters. The monoisotopic (exact) mass is 438 g/mol. The summed E-state index contributed by atoms with van der Waals surface area (Å²) >= 11 is 0. The molecule has 1 aliphatic heterocycles. The van der Waals surface area contributed by atoms with E-state index in [-0.39, 0.29) is 17.7 Å². The molecule has 0 saturated carbocycles. The van der Waals surface area contributed by atoms with Crippen LogP contribution in [0.4, 0.5) is 11.4 Å². The fourth-order valence-electron chi connectivity index (χ4n) is 3.92. The van der Waals surface area contributed by atoms with Crippen LogP contribution in [-0.2, 0) is 9.53 Å². The SMILES string of the molecule is CCC(C(=O)Nc1ccc(N(C)C)c(C(=O)NCCN2CCOCC2)c1)c1ccccc1. The fraction of sp³-hybridized carbons (Fsp3) is 0.440. The molecule has 1 aliphatic rings. The Morgan fingerprint density at radius 1 is 1.09 bits per heavy atom. The lowest BCUT2D eigenvalue weighted by molar-refractivity contribution is -0.117. The molecule has 0 aliphatic carbocycles. The van der Waals surface area contributed by atoms with Gasteiger partial charge in [-0.15, -0.1) is 0 Å². The first-order valence-electron chi connectivity index (χ1n) is 11.2. The highest BCUT2D eigenvalue weighted by molar-refractivity contribution is 6.02. The molecule has 0 spiro atoms. The number of rotatable bonds is 9. The van der Waals surface area contributed by atoms with E-state index >= 15 is 0 Å². The van der Waals surface area contributed by atoms with Crippen LogP contribution in [0, 0.1) is 0 Å². The predicted molar refractivity (Wildman–Crippen MR) is 128 cm³/mol. The summed E-state index contributed by atoms with van der Waals surface area (Å²) in [6.07, 6.45) is 0.695. The molecular weight excluding hydrogens is 404 g/mol. The van der Waals surface area contributed by atoms with Gasteiger partial charge in [0.1, 0.15) is 0 Å². The van der Waals surface area contributed by atoms with Crippen LogP contribution in [0.2, 0.25) is 0 Å². The van der Waals surface area contributed by atoms with E-state index in [9.17, 15) is 9.59 Å². The lowest BCUT2D eigenvalue weighted by atomic mass is 9.95. The van der Waals surface area contributed by atoms with Crippen molar-refractivity contribution in [2.24, 2.45) is 0 Å². The van der Waals surface area contributed by atoms with E-state index in [1.807, 2.05) is 68.4 Å². The van der Waals surface area contributed by atoms with Crippen molar-refractivity contribution < 1.29 is 14.3 Å². The van der Waals surface area contributed by atoms with Crippen molar-refractivity contribution in [3.8, 4) is 0 Å². The number of nitrogens with one attached hydrogen (secondary N) is 2. The maximum absolute atomic E-state index is 13.0. The smallest absolute Gasteiger partial charge is 0.253 e. The summed E-state index contributed by atoms with van der Waals surface area (Å²) in [5.41, 5.74) is 2.95. The Hall–Kier alpha value is -2.90. The topological polar surface area (TPSA) is 73.9 Å². The zero-order chi connectivity index (χ0) is 22.9. The van der Waals surface area contributed by atoms with Crippen molar-refractivity contribution in [3.63, 3.8) is 0 Å². The number of carbonyl (C=O) groups is 2. The van der Waals surface area contributed by atoms with Crippen LogP contribution < -0.4 is 15.5 Å². The van der Waals surface area contributed by atoms with Gasteiger partial charge in [-0.3, -0.25) is 14.5 Å². The van der Waals surface area contributed by atoms with Gasteiger partial charge in [0.05, 0.1) is 24.7 Å². The minimum absolute atomic E-state index is 0.0741. The van der Waals surface area contributed by atoms with E-state index < -0.39 is 0 Å². The van der Waals surface area contributed by atoms with Crippen LogP contribution in [0.3, 0.4) is 0 Å². The first-order valence-corrected chi connectivity index (χ1v) is 11.2. The summed E-state index contributed by atoms with van der Waals surface area (Å²) in [6.45, 7) is 6.61. The van der Waals surface area contributed by atoms with E-state index in [2.05, 4.69) is 15.5 Å². The average molecular weight is 439 g/mol. The summed E-state index contributed by atoms with van der Waals surface area (Å²) < 4.78 is 5.37. The molecule has 7 heteroatoms. The maximum atomic E-state index is 13.0. The normalized spacial score (nSPS) is 15.1. The molecule has 1 heterocycles. The van der Waals surface area contributed by atoms with Crippen molar-refractivity contribution in [2.45, 2.75) is 19.3 Å². The third-order valence-electron chi connectivity index (χ3n) is 5.73. The van der Waals surface area contributed by atoms with E-state index in [1.165, 1.54) is 0 Å². The van der Waals surface area contributed by atoms with Crippen LogP contribution in [0.1, 0.15) is 35.2 Å². The van der Waals surface area contributed by atoms with Crippen LogP contribution in [0.25, 0.3) is 0 Å². The molecule has 2 N–H and O–H groups in total. The van der Waals surface area contributed by atoms with Crippen molar-refractivity contribution in [3.05, 3.63) is 59.7 Å². The zero-order valence-corrected chi connectivity index (χ0v) is 19.3. The lowest BCUT2D eigenvalue weighted by Crippen LogP contribution is -2.41. The van der Waals surface area contributed by atoms with Gasteiger partial charge < -0.3 is 20.3 Å². The zero-order valence-electron chi connectivity index (χ0n) is 19.3. The van der Waals surface area contributed by atoms with Crippen molar-refractivity contribution in [2.75, 3.05) is 63.7 Å². The van der Waals surface area contributed by atoms with Crippen molar-refractivity contribution >= 4 is 23.2 Å². The minimum Gasteiger partial charge on any atom is -0.379 e. The fourth-order valence-corrected chi connectivity index (χ4v) is 3.92. The average Bonchev–Trinajstić information content (AvgIpc) is 2.80. The number of ether oxygens (including phenoxy) is 1. The van der Waals surface area contributed by atoms with Crippen LogP contribution in [0.15, 0.2) is 48.5 Å². The second-order valence-electron chi connectivity index (χ2n) is 8.20. The Kier molecular flexibility index (Phi) is 8.64. The van der Waals surface area contributed by atoms with E-state index in [1.54, 1.807) is 6.07 Å². The minimum atomic E-state index is -0.240. The number of benzene rings is 2. The molecule has 0 aromatic heterocycles. The van der Waals surface area contributed by atoms with Gasteiger partial charge in [0.2, 0.25) is 5.91 Å². The number of hydrogen-bond acceptors (Lipinski definition) is 5. The predicted octanol–water partition coefficient (Wildman–Crippen LogP) is 2.95. The van der Waals surface area contributed by atoms with E-state index in [4.69, 9.17) is 4.74 Å². The molecule has 2 aromatic carbocycles. The summed E-state index contributed by atoms with van der Waals surface area (Å²) in [6, 6.07) is 15.2. The van der Waals surface area contributed by atoms with Crippen molar-refractivity contribution in [1.82, 2.24) is 10.2 Å². The largest absolute Gasteiger partial charge is 0.379 e. The van der Waals surface area contributed by atoms with Gasteiger partial charge in [-0.25, -0.2) is 0 Å². The molecule has 2 aromatic rings. The van der Waals surface area contributed by atoms with Crippen LogP contribution in [0.5, 0.6) is 0 Å². The molecule has 0 bridgehead atoms. The highest BCUT2D eigenvalue weighted by Crippen LogP contribution is 2.25. The van der Waals surface area contributed by atoms with Crippen molar-refractivity contribution in [1.29, 1.82) is 0 Å². The molecule has 1 atom stereocenters. The Bertz CT molecular complexity index is 895. The number of morpholine rings is 1. The summed E-state index contributed by atoms with van der Waals surface area (Å²) in [5, 5.41) is 6.02.